The van der Waals surface area contributed by atoms with Crippen LogP contribution in [0.3, 0.4) is 0 Å². The van der Waals surface area contributed by atoms with Gasteiger partial charge in [-0.2, -0.15) is 0 Å². The fourth-order valence-corrected chi connectivity index (χ4v) is 2.62. The van der Waals surface area contributed by atoms with E-state index in [1.54, 1.807) is 35.7 Å². The average molecular weight is 292 g/mol. The third kappa shape index (κ3) is 3.24. The van der Waals surface area contributed by atoms with Gasteiger partial charge in [-0.15, -0.1) is 11.3 Å². The van der Waals surface area contributed by atoms with E-state index >= 15 is 0 Å². The zero-order valence-electron chi connectivity index (χ0n) is 11.3. The highest BCUT2D eigenvalue weighted by molar-refractivity contribution is 7.11. The maximum absolute atomic E-state index is 11.2. The van der Waals surface area contributed by atoms with Crippen LogP contribution in [0.15, 0.2) is 24.4 Å². The number of nitrogens with zero attached hydrogens (tertiary/aromatic N) is 2. The molecule has 7 heteroatoms. The molecule has 0 amide bonds. The second-order valence-electron chi connectivity index (χ2n) is 4.19. The van der Waals surface area contributed by atoms with E-state index in [0.29, 0.717) is 24.5 Å². The molecule has 6 nitrogen and oxygen atoms in total. The SMILES string of the molecule is CCNc1cccc(NCc2cnc(C)s2)c1[N+](=O)[O-]. The Labute approximate surface area is 121 Å². The fraction of sp³-hybridized carbons (Fsp3) is 0.308. The molecule has 2 rings (SSSR count). The molecule has 0 bridgehead atoms. The quantitative estimate of drug-likeness (QED) is 0.630. The first kappa shape index (κ1) is 14.3. The van der Waals surface area contributed by atoms with Crippen molar-refractivity contribution in [3.8, 4) is 0 Å². The van der Waals surface area contributed by atoms with Crippen LogP contribution in [0, 0.1) is 17.0 Å². The van der Waals surface area contributed by atoms with Crippen molar-refractivity contribution in [2.24, 2.45) is 0 Å². The van der Waals surface area contributed by atoms with Gasteiger partial charge in [0.1, 0.15) is 11.4 Å². The second kappa shape index (κ2) is 6.33. The predicted octanol–water partition coefficient (Wildman–Crippen LogP) is 3.40. The lowest BCUT2D eigenvalue weighted by Crippen LogP contribution is -2.06. The van der Waals surface area contributed by atoms with Gasteiger partial charge in [-0.3, -0.25) is 10.1 Å². The Morgan fingerprint density at radius 2 is 2.05 bits per heavy atom. The second-order valence-corrected chi connectivity index (χ2v) is 5.51. The molecule has 0 saturated heterocycles. The van der Waals surface area contributed by atoms with Gasteiger partial charge in [0.25, 0.3) is 0 Å². The van der Waals surface area contributed by atoms with Crippen molar-refractivity contribution in [2.75, 3.05) is 17.2 Å². The molecule has 0 fully saturated rings. The van der Waals surface area contributed by atoms with Gasteiger partial charge in [0, 0.05) is 17.6 Å². The maximum atomic E-state index is 11.2. The first-order chi connectivity index (χ1) is 9.61. The number of hydrogen-bond acceptors (Lipinski definition) is 6. The molecule has 0 unspecified atom stereocenters. The van der Waals surface area contributed by atoms with E-state index in [0.717, 1.165) is 9.88 Å². The maximum Gasteiger partial charge on any atom is 0.315 e. The lowest BCUT2D eigenvalue weighted by atomic mass is 10.2. The van der Waals surface area contributed by atoms with E-state index in [1.165, 1.54) is 0 Å². The molecule has 0 atom stereocenters. The molecule has 2 aromatic rings. The number of rotatable bonds is 6. The summed E-state index contributed by atoms with van der Waals surface area (Å²) in [6.07, 6.45) is 1.78. The standard InChI is InChI=1S/C13H16N4O2S/c1-3-14-11-5-4-6-12(13(11)17(18)19)16-8-10-7-15-9(2)20-10/h4-7,14,16H,3,8H2,1-2H3. The number of aryl methyl sites for hydroxylation is 1. The molecule has 1 heterocycles. The minimum Gasteiger partial charge on any atom is -0.380 e. The van der Waals surface area contributed by atoms with Crippen molar-refractivity contribution in [1.82, 2.24) is 4.98 Å². The summed E-state index contributed by atoms with van der Waals surface area (Å²) in [4.78, 5) is 16.1. The molecule has 0 spiro atoms. The average Bonchev–Trinajstić information content (AvgIpc) is 2.82. The Balaban J connectivity index is 2.22. The number of nitrogens with one attached hydrogen (secondary N) is 2. The smallest absolute Gasteiger partial charge is 0.315 e. The van der Waals surface area contributed by atoms with E-state index in [1.807, 2.05) is 13.8 Å². The number of aromatic nitrogens is 1. The number of para-hydroxylation sites is 1. The minimum atomic E-state index is -0.363. The highest BCUT2D eigenvalue weighted by Crippen LogP contribution is 2.33. The summed E-state index contributed by atoms with van der Waals surface area (Å²) in [6.45, 7) is 5.01. The topological polar surface area (TPSA) is 80.1 Å². The van der Waals surface area contributed by atoms with Gasteiger partial charge < -0.3 is 10.6 Å². The van der Waals surface area contributed by atoms with Crippen LogP contribution in [0.2, 0.25) is 0 Å². The molecule has 0 radical (unpaired) electrons. The number of nitro benzene ring substituents is 1. The van der Waals surface area contributed by atoms with Crippen molar-refractivity contribution in [3.63, 3.8) is 0 Å². The van der Waals surface area contributed by atoms with Crippen LogP contribution in [0.5, 0.6) is 0 Å². The van der Waals surface area contributed by atoms with Crippen LogP contribution >= 0.6 is 11.3 Å². The monoisotopic (exact) mass is 292 g/mol. The summed E-state index contributed by atoms with van der Waals surface area (Å²) in [6, 6.07) is 5.22. The molecule has 2 N–H and O–H groups in total. The van der Waals surface area contributed by atoms with Gasteiger partial charge in [-0.05, 0) is 26.0 Å². The Morgan fingerprint density at radius 1 is 1.35 bits per heavy atom. The van der Waals surface area contributed by atoms with Gasteiger partial charge in [-0.25, -0.2) is 4.98 Å². The Morgan fingerprint density at radius 3 is 2.60 bits per heavy atom. The molecule has 0 aliphatic carbocycles. The number of anilines is 2. The minimum absolute atomic E-state index is 0.0792. The third-order valence-corrected chi connectivity index (χ3v) is 3.62. The lowest BCUT2D eigenvalue weighted by molar-refractivity contribution is -0.383. The largest absolute Gasteiger partial charge is 0.380 e. The Bertz CT molecular complexity index is 612. The Kier molecular flexibility index (Phi) is 4.52. The van der Waals surface area contributed by atoms with E-state index in [9.17, 15) is 10.1 Å². The van der Waals surface area contributed by atoms with Crippen LogP contribution in [0.1, 0.15) is 16.8 Å². The van der Waals surface area contributed by atoms with Crippen LogP contribution in [-0.4, -0.2) is 16.5 Å². The summed E-state index contributed by atoms with van der Waals surface area (Å²) in [5, 5.41) is 18.4. The van der Waals surface area contributed by atoms with Crippen molar-refractivity contribution >= 4 is 28.4 Å². The summed E-state index contributed by atoms with van der Waals surface area (Å²) in [7, 11) is 0. The molecular weight excluding hydrogens is 276 g/mol. The first-order valence-corrected chi connectivity index (χ1v) is 7.10. The van der Waals surface area contributed by atoms with Crippen molar-refractivity contribution < 1.29 is 4.92 Å². The van der Waals surface area contributed by atoms with Crippen LogP contribution < -0.4 is 10.6 Å². The van der Waals surface area contributed by atoms with E-state index in [4.69, 9.17) is 0 Å². The van der Waals surface area contributed by atoms with Gasteiger partial charge in [0.15, 0.2) is 0 Å². The molecule has 106 valence electrons. The van der Waals surface area contributed by atoms with Crippen LogP contribution in [0.25, 0.3) is 0 Å². The normalized spacial score (nSPS) is 10.3. The number of thiazole rings is 1. The third-order valence-electron chi connectivity index (χ3n) is 2.71. The zero-order valence-corrected chi connectivity index (χ0v) is 12.2. The molecule has 20 heavy (non-hydrogen) atoms. The molecular formula is C13H16N4O2S. The molecule has 0 aliphatic rings. The van der Waals surface area contributed by atoms with Gasteiger partial charge in [0.2, 0.25) is 0 Å². The van der Waals surface area contributed by atoms with Crippen molar-refractivity contribution in [1.29, 1.82) is 0 Å². The Hall–Kier alpha value is -2.15. The van der Waals surface area contributed by atoms with E-state index < -0.39 is 0 Å². The lowest BCUT2D eigenvalue weighted by Gasteiger charge is -2.10. The van der Waals surface area contributed by atoms with Crippen LogP contribution in [-0.2, 0) is 6.54 Å². The number of nitro groups is 1. The molecule has 1 aromatic heterocycles. The number of hydrogen-bond donors (Lipinski definition) is 2. The predicted molar refractivity (Wildman–Crippen MR) is 81.4 cm³/mol. The highest BCUT2D eigenvalue weighted by atomic mass is 32.1. The molecule has 1 aromatic carbocycles. The van der Waals surface area contributed by atoms with Gasteiger partial charge in [0.05, 0.1) is 16.5 Å². The van der Waals surface area contributed by atoms with Crippen molar-refractivity contribution in [2.45, 2.75) is 20.4 Å². The van der Waals surface area contributed by atoms with Crippen LogP contribution in [0.4, 0.5) is 17.1 Å². The highest BCUT2D eigenvalue weighted by Gasteiger charge is 2.19. The summed E-state index contributed by atoms with van der Waals surface area (Å²) >= 11 is 1.58. The molecule has 0 saturated carbocycles. The van der Waals surface area contributed by atoms with Crippen molar-refractivity contribution in [3.05, 3.63) is 44.4 Å². The summed E-state index contributed by atoms with van der Waals surface area (Å²) in [5.41, 5.74) is 1.12. The zero-order chi connectivity index (χ0) is 14.5. The van der Waals surface area contributed by atoms with E-state index in [-0.39, 0.29) is 10.6 Å². The number of benzene rings is 1. The first-order valence-electron chi connectivity index (χ1n) is 6.28. The summed E-state index contributed by atoms with van der Waals surface area (Å²) < 4.78 is 0. The van der Waals surface area contributed by atoms with Gasteiger partial charge >= 0.3 is 5.69 Å². The van der Waals surface area contributed by atoms with E-state index in [2.05, 4.69) is 15.6 Å². The van der Waals surface area contributed by atoms with Gasteiger partial charge in [-0.1, -0.05) is 6.07 Å². The summed E-state index contributed by atoms with van der Waals surface area (Å²) in [5.74, 6) is 0. The fourth-order valence-electron chi connectivity index (χ4n) is 1.89. The molecule has 0 aliphatic heterocycles.